The molecule has 100 valence electrons. The zero-order valence-electron chi connectivity index (χ0n) is 10.9. The Bertz CT molecular complexity index is 559. The Morgan fingerprint density at radius 1 is 1.53 bits per heavy atom. The predicted molar refractivity (Wildman–Crippen MR) is 69.7 cm³/mol. The number of carbonyl (C=O) groups is 1. The molecule has 6 nitrogen and oxygen atoms in total. The summed E-state index contributed by atoms with van der Waals surface area (Å²) in [6.45, 7) is 3.39. The monoisotopic (exact) mass is 259 g/mol. The van der Waals surface area contributed by atoms with Crippen molar-refractivity contribution in [1.29, 1.82) is 0 Å². The highest BCUT2D eigenvalue weighted by Crippen LogP contribution is 2.21. The molecule has 1 saturated heterocycles. The van der Waals surface area contributed by atoms with E-state index in [0.29, 0.717) is 12.2 Å². The maximum atomic E-state index is 12.3. The largest absolute Gasteiger partial charge is 0.335 e. The van der Waals surface area contributed by atoms with Gasteiger partial charge in [0.05, 0.1) is 6.04 Å². The quantitative estimate of drug-likeness (QED) is 0.886. The summed E-state index contributed by atoms with van der Waals surface area (Å²) in [5.41, 5.74) is 1.41. The summed E-state index contributed by atoms with van der Waals surface area (Å²) in [7, 11) is 0. The van der Waals surface area contributed by atoms with Gasteiger partial charge in [-0.05, 0) is 31.9 Å². The summed E-state index contributed by atoms with van der Waals surface area (Å²) in [6.07, 6.45) is 5.79. The molecule has 1 aliphatic heterocycles. The molecule has 6 heteroatoms. The number of aromatic amines is 1. The molecule has 1 atom stereocenters. The van der Waals surface area contributed by atoms with Gasteiger partial charge in [-0.3, -0.25) is 14.6 Å². The van der Waals surface area contributed by atoms with Gasteiger partial charge < -0.3 is 4.90 Å². The Morgan fingerprint density at radius 2 is 2.42 bits per heavy atom. The number of nitrogens with zero attached hydrogens (tertiary/aromatic N) is 4. The van der Waals surface area contributed by atoms with Crippen LogP contribution in [0.15, 0.2) is 24.5 Å². The molecule has 0 aromatic carbocycles. The van der Waals surface area contributed by atoms with Crippen LogP contribution in [0, 0.1) is 6.92 Å². The topological polar surface area (TPSA) is 66.8 Å². The highest BCUT2D eigenvalue weighted by atomic mass is 16.2. The van der Waals surface area contributed by atoms with Crippen LogP contribution in [0.2, 0.25) is 0 Å². The van der Waals surface area contributed by atoms with E-state index in [4.69, 9.17) is 0 Å². The summed E-state index contributed by atoms with van der Waals surface area (Å²) in [5.74, 6) is 0.00112. The van der Waals surface area contributed by atoms with Crippen molar-refractivity contribution in [3.8, 4) is 0 Å². The molecule has 0 spiro atoms. The summed E-state index contributed by atoms with van der Waals surface area (Å²) >= 11 is 0. The van der Waals surface area contributed by atoms with Crippen LogP contribution in [0.3, 0.4) is 0 Å². The van der Waals surface area contributed by atoms with Crippen molar-refractivity contribution in [3.63, 3.8) is 0 Å². The molecule has 2 aromatic heterocycles. The Labute approximate surface area is 111 Å². The van der Waals surface area contributed by atoms with Crippen molar-refractivity contribution in [2.45, 2.75) is 25.8 Å². The number of likely N-dealkylation sites (tertiary alicyclic amines) is 1. The van der Waals surface area contributed by atoms with Gasteiger partial charge in [0.15, 0.2) is 0 Å². The smallest absolute Gasteiger partial charge is 0.274 e. The van der Waals surface area contributed by atoms with Crippen molar-refractivity contribution >= 4 is 5.91 Å². The number of amides is 1. The molecule has 0 unspecified atom stereocenters. The van der Waals surface area contributed by atoms with E-state index in [-0.39, 0.29) is 11.9 Å². The summed E-state index contributed by atoms with van der Waals surface area (Å²) in [4.78, 5) is 14.2. The number of aryl methyl sites for hydroxylation is 1. The van der Waals surface area contributed by atoms with Crippen LogP contribution in [0.1, 0.15) is 35.1 Å². The molecule has 0 bridgehead atoms. The molecule has 1 aliphatic rings. The van der Waals surface area contributed by atoms with Crippen LogP contribution in [-0.2, 0) is 0 Å². The molecule has 0 saturated carbocycles. The zero-order valence-corrected chi connectivity index (χ0v) is 10.9. The van der Waals surface area contributed by atoms with Crippen LogP contribution in [0.4, 0.5) is 0 Å². The molecular formula is C13H17N5O. The Balaban J connectivity index is 1.73. The number of aromatic nitrogens is 4. The van der Waals surface area contributed by atoms with Gasteiger partial charge >= 0.3 is 0 Å². The number of H-pyrrole nitrogens is 1. The molecule has 3 rings (SSSR count). The van der Waals surface area contributed by atoms with Gasteiger partial charge in [-0.25, -0.2) is 0 Å². The highest BCUT2D eigenvalue weighted by Gasteiger charge is 2.26. The van der Waals surface area contributed by atoms with Crippen LogP contribution in [0.5, 0.6) is 0 Å². The van der Waals surface area contributed by atoms with Crippen molar-refractivity contribution in [3.05, 3.63) is 35.9 Å². The first kappa shape index (κ1) is 12.0. The first-order chi connectivity index (χ1) is 9.24. The maximum Gasteiger partial charge on any atom is 0.274 e. The fourth-order valence-electron chi connectivity index (χ4n) is 2.54. The summed E-state index contributed by atoms with van der Waals surface area (Å²) in [6, 6.07) is 3.98. The zero-order chi connectivity index (χ0) is 13.2. The minimum Gasteiger partial charge on any atom is -0.335 e. The number of rotatable bonds is 2. The fraction of sp³-hybridized carbons (Fsp3) is 0.462. The lowest BCUT2D eigenvalue weighted by atomic mass is 10.1. The number of nitrogens with one attached hydrogen (secondary N) is 1. The van der Waals surface area contributed by atoms with Gasteiger partial charge in [0, 0.05) is 31.2 Å². The van der Waals surface area contributed by atoms with E-state index < -0.39 is 0 Å². The number of piperidine rings is 1. The van der Waals surface area contributed by atoms with Gasteiger partial charge in [0.2, 0.25) is 0 Å². The van der Waals surface area contributed by atoms with Crippen LogP contribution >= 0.6 is 0 Å². The Kier molecular flexibility index (Phi) is 3.06. The van der Waals surface area contributed by atoms with E-state index in [1.165, 1.54) is 0 Å². The molecular weight excluding hydrogens is 242 g/mol. The maximum absolute atomic E-state index is 12.3. The third kappa shape index (κ3) is 2.38. The van der Waals surface area contributed by atoms with E-state index >= 15 is 0 Å². The molecule has 0 aliphatic carbocycles. The third-order valence-electron chi connectivity index (χ3n) is 3.51. The van der Waals surface area contributed by atoms with Gasteiger partial charge in [-0.2, -0.15) is 10.2 Å². The van der Waals surface area contributed by atoms with Crippen molar-refractivity contribution < 1.29 is 4.79 Å². The highest BCUT2D eigenvalue weighted by molar-refractivity contribution is 5.92. The standard InChI is InChI=1S/C13H17N5O/c1-10-8-12(16-15-10)13(19)17-6-2-4-11(9-17)18-7-3-5-14-18/h3,5,7-8,11H,2,4,6,9H2,1H3,(H,15,16)/t11-/m1/s1. The van der Waals surface area contributed by atoms with Crippen LogP contribution in [-0.4, -0.2) is 43.9 Å². The molecule has 1 fully saturated rings. The summed E-state index contributed by atoms with van der Waals surface area (Å²) in [5, 5.41) is 11.1. The Morgan fingerprint density at radius 3 is 3.11 bits per heavy atom. The minimum atomic E-state index is 0.00112. The molecule has 1 amide bonds. The Hall–Kier alpha value is -2.11. The van der Waals surface area contributed by atoms with Gasteiger partial charge in [-0.1, -0.05) is 0 Å². The minimum absolute atomic E-state index is 0.00112. The first-order valence-electron chi connectivity index (χ1n) is 6.54. The van der Waals surface area contributed by atoms with E-state index in [1.807, 2.05) is 28.8 Å². The lowest BCUT2D eigenvalue weighted by Crippen LogP contribution is -2.41. The second-order valence-corrected chi connectivity index (χ2v) is 4.97. The summed E-state index contributed by atoms with van der Waals surface area (Å²) < 4.78 is 1.94. The van der Waals surface area contributed by atoms with E-state index in [2.05, 4.69) is 15.3 Å². The first-order valence-corrected chi connectivity index (χ1v) is 6.54. The van der Waals surface area contributed by atoms with E-state index in [0.717, 1.165) is 25.1 Å². The van der Waals surface area contributed by atoms with Crippen LogP contribution < -0.4 is 0 Å². The number of hydrogen-bond acceptors (Lipinski definition) is 3. The van der Waals surface area contributed by atoms with Crippen molar-refractivity contribution in [2.75, 3.05) is 13.1 Å². The third-order valence-corrected chi connectivity index (χ3v) is 3.51. The number of carbonyl (C=O) groups excluding carboxylic acids is 1. The molecule has 2 aromatic rings. The second kappa shape index (κ2) is 4.87. The lowest BCUT2D eigenvalue weighted by Gasteiger charge is -2.32. The van der Waals surface area contributed by atoms with E-state index in [9.17, 15) is 4.79 Å². The van der Waals surface area contributed by atoms with Gasteiger partial charge in [0.25, 0.3) is 5.91 Å². The molecule has 3 heterocycles. The van der Waals surface area contributed by atoms with E-state index in [1.54, 1.807) is 12.3 Å². The molecule has 0 radical (unpaired) electrons. The lowest BCUT2D eigenvalue weighted by molar-refractivity contribution is 0.0667. The number of hydrogen-bond donors (Lipinski definition) is 1. The van der Waals surface area contributed by atoms with Gasteiger partial charge in [0.1, 0.15) is 5.69 Å². The molecule has 1 N–H and O–H groups in total. The van der Waals surface area contributed by atoms with Gasteiger partial charge in [-0.15, -0.1) is 0 Å². The predicted octanol–water partition coefficient (Wildman–Crippen LogP) is 1.39. The molecule has 19 heavy (non-hydrogen) atoms. The normalized spacial score (nSPS) is 19.6. The average Bonchev–Trinajstić information content (AvgIpc) is 3.09. The van der Waals surface area contributed by atoms with Crippen LogP contribution in [0.25, 0.3) is 0 Å². The second-order valence-electron chi connectivity index (χ2n) is 4.97. The average molecular weight is 259 g/mol. The fourth-order valence-corrected chi connectivity index (χ4v) is 2.54. The van der Waals surface area contributed by atoms with Crippen molar-refractivity contribution in [2.24, 2.45) is 0 Å². The SMILES string of the molecule is Cc1cc(C(=O)N2CCC[C@@H](n3cccn3)C2)n[nH]1. The van der Waals surface area contributed by atoms with Crippen molar-refractivity contribution in [1.82, 2.24) is 24.9 Å².